The first-order valence-corrected chi connectivity index (χ1v) is 6.67. The number of nitrogens with one attached hydrogen (secondary N) is 1. The summed E-state index contributed by atoms with van der Waals surface area (Å²) in [5.41, 5.74) is 0. The van der Waals surface area contributed by atoms with Crippen molar-refractivity contribution in [1.29, 1.82) is 0 Å². The van der Waals surface area contributed by atoms with Crippen LogP contribution in [-0.2, 0) is 0 Å². The molecule has 0 radical (unpaired) electrons. The summed E-state index contributed by atoms with van der Waals surface area (Å²) in [7, 11) is 1.66. The van der Waals surface area contributed by atoms with E-state index in [0.717, 1.165) is 24.0 Å². The van der Waals surface area contributed by atoms with Crippen molar-refractivity contribution in [2.75, 3.05) is 32.1 Å². The van der Waals surface area contributed by atoms with E-state index in [1.54, 1.807) is 13.3 Å². The number of rotatable bonds is 5. The molecule has 0 amide bonds. The molecular weight excluding hydrogens is 226 g/mol. The van der Waals surface area contributed by atoms with Crippen molar-refractivity contribution < 1.29 is 4.74 Å². The van der Waals surface area contributed by atoms with Crippen LogP contribution in [0.25, 0.3) is 0 Å². The van der Waals surface area contributed by atoms with Crippen LogP contribution < -0.4 is 10.1 Å². The average molecular weight is 249 g/mol. The largest absolute Gasteiger partial charge is 0.495 e. The fourth-order valence-corrected chi connectivity index (χ4v) is 2.35. The fourth-order valence-electron chi connectivity index (χ4n) is 2.35. The summed E-state index contributed by atoms with van der Waals surface area (Å²) in [6.07, 6.45) is 3.03. The second kappa shape index (κ2) is 6.05. The number of pyridine rings is 1. The quantitative estimate of drug-likeness (QED) is 0.868. The molecule has 4 nitrogen and oxygen atoms in total. The second-order valence-corrected chi connectivity index (χ2v) is 5.21. The van der Waals surface area contributed by atoms with Crippen molar-refractivity contribution in [1.82, 2.24) is 9.88 Å². The molecule has 2 rings (SSSR count). The SMILES string of the molecule is COc1ccc(NCC2CCN(C(C)C)C2)nc1. The number of ether oxygens (including phenoxy) is 1. The van der Waals surface area contributed by atoms with Crippen LogP contribution >= 0.6 is 0 Å². The van der Waals surface area contributed by atoms with Crippen molar-refractivity contribution in [3.63, 3.8) is 0 Å². The number of hydrogen-bond donors (Lipinski definition) is 1. The number of aromatic nitrogens is 1. The van der Waals surface area contributed by atoms with Gasteiger partial charge in [-0.05, 0) is 44.9 Å². The highest BCUT2D eigenvalue weighted by molar-refractivity contribution is 5.37. The fraction of sp³-hybridized carbons (Fsp3) is 0.643. The third kappa shape index (κ3) is 3.35. The molecule has 0 aliphatic carbocycles. The molecule has 0 aromatic carbocycles. The van der Waals surface area contributed by atoms with E-state index in [2.05, 4.69) is 29.0 Å². The molecule has 0 saturated carbocycles. The predicted octanol–water partition coefficient (Wildman–Crippen LogP) is 2.23. The molecule has 1 N–H and O–H groups in total. The molecule has 1 atom stereocenters. The molecular formula is C14H23N3O. The Kier molecular flexibility index (Phi) is 4.42. The minimum Gasteiger partial charge on any atom is -0.495 e. The molecule has 1 fully saturated rings. The summed E-state index contributed by atoms with van der Waals surface area (Å²) < 4.78 is 5.09. The summed E-state index contributed by atoms with van der Waals surface area (Å²) in [5, 5.41) is 3.40. The highest BCUT2D eigenvalue weighted by Gasteiger charge is 2.23. The van der Waals surface area contributed by atoms with Crippen molar-refractivity contribution in [2.45, 2.75) is 26.3 Å². The molecule has 18 heavy (non-hydrogen) atoms. The van der Waals surface area contributed by atoms with Gasteiger partial charge in [-0.2, -0.15) is 0 Å². The number of likely N-dealkylation sites (tertiary alicyclic amines) is 1. The van der Waals surface area contributed by atoms with E-state index in [4.69, 9.17) is 4.74 Å². The molecule has 1 aromatic heterocycles. The Balaban J connectivity index is 1.78. The van der Waals surface area contributed by atoms with Crippen LogP contribution in [0.3, 0.4) is 0 Å². The van der Waals surface area contributed by atoms with Gasteiger partial charge < -0.3 is 15.0 Å². The first kappa shape index (κ1) is 13.1. The number of hydrogen-bond acceptors (Lipinski definition) is 4. The molecule has 0 spiro atoms. The van der Waals surface area contributed by atoms with Gasteiger partial charge >= 0.3 is 0 Å². The Morgan fingerprint density at radius 1 is 1.50 bits per heavy atom. The molecule has 1 aromatic rings. The maximum Gasteiger partial charge on any atom is 0.137 e. The van der Waals surface area contributed by atoms with Gasteiger partial charge in [0, 0.05) is 19.1 Å². The van der Waals surface area contributed by atoms with E-state index in [0.29, 0.717) is 6.04 Å². The maximum absolute atomic E-state index is 5.09. The zero-order valence-electron chi connectivity index (χ0n) is 11.5. The number of methoxy groups -OCH3 is 1. The van der Waals surface area contributed by atoms with Crippen molar-refractivity contribution in [3.05, 3.63) is 18.3 Å². The number of anilines is 1. The molecule has 0 bridgehead atoms. The van der Waals surface area contributed by atoms with E-state index >= 15 is 0 Å². The average Bonchev–Trinajstić information content (AvgIpc) is 2.86. The molecule has 2 heterocycles. The lowest BCUT2D eigenvalue weighted by Gasteiger charge is -2.20. The lowest BCUT2D eigenvalue weighted by molar-refractivity contribution is 0.266. The second-order valence-electron chi connectivity index (χ2n) is 5.21. The first-order chi connectivity index (χ1) is 8.69. The minimum absolute atomic E-state index is 0.661. The third-order valence-electron chi connectivity index (χ3n) is 3.59. The van der Waals surface area contributed by atoms with Gasteiger partial charge in [-0.1, -0.05) is 0 Å². The van der Waals surface area contributed by atoms with Crippen LogP contribution in [0.5, 0.6) is 5.75 Å². The summed E-state index contributed by atoms with van der Waals surface area (Å²) in [4.78, 5) is 6.85. The third-order valence-corrected chi connectivity index (χ3v) is 3.59. The molecule has 1 aliphatic rings. The monoisotopic (exact) mass is 249 g/mol. The van der Waals surface area contributed by atoms with E-state index in [1.165, 1.54) is 19.5 Å². The van der Waals surface area contributed by atoms with E-state index in [-0.39, 0.29) is 0 Å². The molecule has 1 unspecified atom stereocenters. The lowest BCUT2D eigenvalue weighted by atomic mass is 10.1. The smallest absolute Gasteiger partial charge is 0.137 e. The normalized spacial score (nSPS) is 20.3. The van der Waals surface area contributed by atoms with Gasteiger partial charge in [0.1, 0.15) is 11.6 Å². The Labute approximate surface area is 109 Å². The van der Waals surface area contributed by atoms with Gasteiger partial charge in [-0.15, -0.1) is 0 Å². The van der Waals surface area contributed by atoms with Gasteiger partial charge in [0.25, 0.3) is 0 Å². The van der Waals surface area contributed by atoms with E-state index in [1.807, 2.05) is 12.1 Å². The van der Waals surface area contributed by atoms with Gasteiger partial charge in [-0.25, -0.2) is 4.98 Å². The molecule has 100 valence electrons. The van der Waals surface area contributed by atoms with Crippen molar-refractivity contribution in [3.8, 4) is 5.75 Å². The van der Waals surface area contributed by atoms with Crippen molar-refractivity contribution in [2.24, 2.45) is 5.92 Å². The van der Waals surface area contributed by atoms with Gasteiger partial charge in [0.2, 0.25) is 0 Å². The number of nitrogens with zero attached hydrogens (tertiary/aromatic N) is 2. The zero-order valence-corrected chi connectivity index (χ0v) is 11.5. The summed E-state index contributed by atoms with van der Waals surface area (Å²) >= 11 is 0. The first-order valence-electron chi connectivity index (χ1n) is 6.67. The lowest BCUT2D eigenvalue weighted by Crippen LogP contribution is -2.29. The standard InChI is InChI=1S/C14H23N3O/c1-11(2)17-7-6-12(10-17)8-15-14-5-4-13(18-3)9-16-14/h4-5,9,11-12H,6-8,10H2,1-3H3,(H,15,16). The van der Waals surface area contributed by atoms with Gasteiger partial charge in [-0.3, -0.25) is 0 Å². The Morgan fingerprint density at radius 2 is 2.33 bits per heavy atom. The zero-order chi connectivity index (χ0) is 13.0. The Bertz CT molecular complexity index is 364. The van der Waals surface area contributed by atoms with Crippen LogP contribution in [0.2, 0.25) is 0 Å². The Morgan fingerprint density at radius 3 is 2.89 bits per heavy atom. The molecule has 4 heteroatoms. The maximum atomic E-state index is 5.09. The predicted molar refractivity (Wildman–Crippen MR) is 74.1 cm³/mol. The van der Waals surface area contributed by atoms with Gasteiger partial charge in [0.05, 0.1) is 13.3 Å². The van der Waals surface area contributed by atoms with Crippen LogP contribution in [0, 0.1) is 5.92 Å². The van der Waals surface area contributed by atoms with E-state index in [9.17, 15) is 0 Å². The molecule has 1 aliphatic heterocycles. The highest BCUT2D eigenvalue weighted by Crippen LogP contribution is 2.19. The van der Waals surface area contributed by atoms with Gasteiger partial charge in [0.15, 0.2) is 0 Å². The summed E-state index contributed by atoms with van der Waals surface area (Å²) in [5.74, 6) is 2.46. The van der Waals surface area contributed by atoms with Crippen LogP contribution in [-0.4, -0.2) is 42.7 Å². The van der Waals surface area contributed by atoms with E-state index < -0.39 is 0 Å². The van der Waals surface area contributed by atoms with Crippen molar-refractivity contribution >= 4 is 5.82 Å². The minimum atomic E-state index is 0.661. The van der Waals surface area contributed by atoms with Crippen LogP contribution in [0.4, 0.5) is 5.82 Å². The highest BCUT2D eigenvalue weighted by atomic mass is 16.5. The van der Waals surface area contributed by atoms with Crippen LogP contribution in [0.15, 0.2) is 18.3 Å². The summed E-state index contributed by atoms with van der Waals surface area (Å²) in [6, 6.07) is 4.56. The molecule has 1 saturated heterocycles. The Hall–Kier alpha value is -1.29. The topological polar surface area (TPSA) is 37.4 Å². The summed E-state index contributed by atoms with van der Waals surface area (Å²) in [6.45, 7) is 7.95. The van der Waals surface area contributed by atoms with Crippen LogP contribution in [0.1, 0.15) is 20.3 Å².